The highest BCUT2D eigenvalue weighted by Crippen LogP contribution is 2.38. The lowest BCUT2D eigenvalue weighted by atomic mass is 9.90. The molecular weight excluding hydrogens is 214 g/mol. The van der Waals surface area contributed by atoms with Crippen molar-refractivity contribution in [1.82, 2.24) is 5.32 Å². The van der Waals surface area contributed by atoms with Crippen LogP contribution in [0.15, 0.2) is 18.2 Å². The van der Waals surface area contributed by atoms with Crippen LogP contribution in [0.25, 0.3) is 0 Å². The van der Waals surface area contributed by atoms with E-state index in [1.165, 1.54) is 5.56 Å². The number of nitrogens with one attached hydrogen (secondary N) is 1. The predicted octanol–water partition coefficient (Wildman–Crippen LogP) is 2.14. The Bertz CT molecular complexity index is 411. The van der Waals surface area contributed by atoms with Crippen molar-refractivity contribution in [3.8, 4) is 11.5 Å². The molecule has 0 radical (unpaired) electrons. The quantitative estimate of drug-likeness (QED) is 0.849. The largest absolute Gasteiger partial charge is 0.494 e. The summed E-state index contributed by atoms with van der Waals surface area (Å²) >= 11 is 0. The third kappa shape index (κ3) is 2.00. The SMILES string of the molecule is CCOc1ccc2c(c1)OC1(CCNC1)CC2. The van der Waals surface area contributed by atoms with E-state index in [1.54, 1.807) is 0 Å². The van der Waals surface area contributed by atoms with Crippen molar-refractivity contribution in [1.29, 1.82) is 0 Å². The molecule has 1 aromatic rings. The first-order valence-electron chi connectivity index (χ1n) is 6.47. The Morgan fingerprint density at radius 3 is 3.12 bits per heavy atom. The van der Waals surface area contributed by atoms with Crippen LogP contribution in [0.1, 0.15) is 25.3 Å². The Hall–Kier alpha value is -1.22. The Balaban J connectivity index is 1.86. The number of hydrogen-bond donors (Lipinski definition) is 1. The summed E-state index contributed by atoms with van der Waals surface area (Å²) in [5.74, 6) is 1.93. The Morgan fingerprint density at radius 2 is 2.35 bits per heavy atom. The minimum Gasteiger partial charge on any atom is -0.494 e. The van der Waals surface area contributed by atoms with Crippen molar-refractivity contribution in [3.05, 3.63) is 23.8 Å². The smallest absolute Gasteiger partial charge is 0.127 e. The number of aryl methyl sites for hydroxylation is 1. The van der Waals surface area contributed by atoms with Crippen LogP contribution in [-0.4, -0.2) is 25.3 Å². The van der Waals surface area contributed by atoms with Crippen LogP contribution >= 0.6 is 0 Å². The van der Waals surface area contributed by atoms with E-state index in [1.807, 2.05) is 19.1 Å². The van der Waals surface area contributed by atoms with Crippen LogP contribution < -0.4 is 14.8 Å². The summed E-state index contributed by atoms with van der Waals surface area (Å²) in [5, 5.41) is 3.40. The van der Waals surface area contributed by atoms with Crippen molar-refractivity contribution in [2.24, 2.45) is 0 Å². The lowest BCUT2D eigenvalue weighted by Crippen LogP contribution is -2.41. The normalized spacial score (nSPS) is 26.6. The monoisotopic (exact) mass is 233 g/mol. The summed E-state index contributed by atoms with van der Waals surface area (Å²) in [6.45, 7) is 4.75. The molecule has 92 valence electrons. The second-order valence-corrected chi connectivity index (χ2v) is 4.91. The van der Waals surface area contributed by atoms with Gasteiger partial charge in [-0.25, -0.2) is 0 Å². The minimum atomic E-state index is 0.0395. The van der Waals surface area contributed by atoms with Gasteiger partial charge >= 0.3 is 0 Å². The molecular formula is C14H19NO2. The van der Waals surface area contributed by atoms with Crippen molar-refractivity contribution in [3.63, 3.8) is 0 Å². The Kier molecular flexibility index (Phi) is 2.71. The van der Waals surface area contributed by atoms with Crippen molar-refractivity contribution < 1.29 is 9.47 Å². The van der Waals surface area contributed by atoms with Gasteiger partial charge in [-0.05, 0) is 37.9 Å². The van der Waals surface area contributed by atoms with Gasteiger partial charge < -0.3 is 14.8 Å². The molecule has 0 bridgehead atoms. The molecule has 1 aromatic carbocycles. The zero-order valence-corrected chi connectivity index (χ0v) is 10.3. The third-order valence-corrected chi connectivity index (χ3v) is 3.73. The molecule has 1 spiro atoms. The summed E-state index contributed by atoms with van der Waals surface area (Å²) in [4.78, 5) is 0. The minimum absolute atomic E-state index is 0.0395. The molecule has 2 heterocycles. The summed E-state index contributed by atoms with van der Waals surface area (Å²) in [6.07, 6.45) is 3.36. The zero-order valence-electron chi connectivity index (χ0n) is 10.3. The first kappa shape index (κ1) is 10.9. The van der Waals surface area contributed by atoms with Gasteiger partial charge in [0.05, 0.1) is 6.61 Å². The highest BCUT2D eigenvalue weighted by atomic mass is 16.5. The molecule has 3 rings (SSSR count). The van der Waals surface area contributed by atoms with Gasteiger partial charge in [0.25, 0.3) is 0 Å². The van der Waals surface area contributed by atoms with Crippen LogP contribution in [0, 0.1) is 0 Å². The summed E-state index contributed by atoms with van der Waals surface area (Å²) in [7, 11) is 0. The van der Waals surface area contributed by atoms with Crippen LogP contribution in [0.4, 0.5) is 0 Å². The van der Waals surface area contributed by atoms with Gasteiger partial charge in [0.2, 0.25) is 0 Å². The molecule has 1 N–H and O–H groups in total. The fraction of sp³-hybridized carbons (Fsp3) is 0.571. The van der Waals surface area contributed by atoms with Gasteiger partial charge in [-0.15, -0.1) is 0 Å². The van der Waals surface area contributed by atoms with E-state index in [0.717, 1.165) is 43.9 Å². The van der Waals surface area contributed by atoms with E-state index in [-0.39, 0.29) is 5.60 Å². The fourth-order valence-electron chi connectivity index (χ4n) is 2.76. The van der Waals surface area contributed by atoms with Gasteiger partial charge in [0.1, 0.15) is 17.1 Å². The average molecular weight is 233 g/mol. The first-order valence-corrected chi connectivity index (χ1v) is 6.47. The molecule has 17 heavy (non-hydrogen) atoms. The number of hydrogen-bond acceptors (Lipinski definition) is 3. The van der Waals surface area contributed by atoms with Crippen molar-refractivity contribution in [2.75, 3.05) is 19.7 Å². The second kappa shape index (κ2) is 4.22. The Labute approximate surface area is 102 Å². The van der Waals surface area contributed by atoms with Gasteiger partial charge in [-0.3, -0.25) is 0 Å². The van der Waals surface area contributed by atoms with E-state index in [0.29, 0.717) is 6.61 Å². The van der Waals surface area contributed by atoms with Crippen LogP contribution in [0.5, 0.6) is 11.5 Å². The molecule has 1 atom stereocenters. The number of fused-ring (bicyclic) bond motifs is 1. The molecule has 3 heteroatoms. The molecule has 3 nitrogen and oxygen atoms in total. The van der Waals surface area contributed by atoms with Crippen molar-refractivity contribution >= 4 is 0 Å². The molecule has 0 saturated carbocycles. The maximum Gasteiger partial charge on any atom is 0.127 e. The maximum atomic E-state index is 6.22. The van der Waals surface area contributed by atoms with Crippen LogP contribution in [0.3, 0.4) is 0 Å². The summed E-state index contributed by atoms with van der Waals surface area (Å²) in [6, 6.07) is 6.21. The fourth-order valence-corrected chi connectivity index (χ4v) is 2.76. The zero-order chi connectivity index (χ0) is 11.7. The molecule has 1 fully saturated rings. The first-order chi connectivity index (χ1) is 8.31. The van der Waals surface area contributed by atoms with Crippen LogP contribution in [-0.2, 0) is 6.42 Å². The van der Waals surface area contributed by atoms with Crippen LogP contribution in [0.2, 0.25) is 0 Å². The molecule has 1 saturated heterocycles. The lowest BCUT2D eigenvalue weighted by Gasteiger charge is -2.35. The Morgan fingerprint density at radius 1 is 1.41 bits per heavy atom. The van der Waals surface area contributed by atoms with E-state index >= 15 is 0 Å². The standard InChI is InChI=1S/C14H19NO2/c1-2-16-12-4-3-11-5-6-14(7-8-15-10-14)17-13(11)9-12/h3-4,9,15H,2,5-8,10H2,1H3. The predicted molar refractivity (Wildman–Crippen MR) is 66.8 cm³/mol. The van der Waals surface area contributed by atoms with E-state index in [2.05, 4.69) is 11.4 Å². The molecule has 0 aliphatic carbocycles. The van der Waals surface area contributed by atoms with Gasteiger partial charge in [0.15, 0.2) is 0 Å². The maximum absolute atomic E-state index is 6.22. The number of benzene rings is 1. The second-order valence-electron chi connectivity index (χ2n) is 4.91. The molecule has 0 amide bonds. The highest BCUT2D eigenvalue weighted by molar-refractivity contribution is 5.43. The third-order valence-electron chi connectivity index (χ3n) is 3.73. The van der Waals surface area contributed by atoms with Crippen molar-refractivity contribution in [2.45, 2.75) is 31.8 Å². The van der Waals surface area contributed by atoms with Gasteiger partial charge in [0, 0.05) is 19.0 Å². The number of rotatable bonds is 2. The topological polar surface area (TPSA) is 30.5 Å². The molecule has 2 aliphatic rings. The molecule has 2 aliphatic heterocycles. The van der Waals surface area contributed by atoms with E-state index in [4.69, 9.17) is 9.47 Å². The highest BCUT2D eigenvalue weighted by Gasteiger charge is 2.39. The lowest BCUT2D eigenvalue weighted by molar-refractivity contribution is 0.0661. The molecule has 0 aromatic heterocycles. The molecule has 1 unspecified atom stereocenters. The summed E-state index contributed by atoms with van der Waals surface area (Å²) < 4.78 is 11.8. The summed E-state index contributed by atoms with van der Waals surface area (Å²) in [5.41, 5.74) is 1.35. The van der Waals surface area contributed by atoms with Gasteiger partial charge in [-0.2, -0.15) is 0 Å². The van der Waals surface area contributed by atoms with E-state index in [9.17, 15) is 0 Å². The van der Waals surface area contributed by atoms with E-state index < -0.39 is 0 Å². The number of ether oxygens (including phenoxy) is 2. The average Bonchev–Trinajstić information content (AvgIpc) is 2.77. The van der Waals surface area contributed by atoms with Gasteiger partial charge in [-0.1, -0.05) is 6.07 Å².